The van der Waals surface area contributed by atoms with Crippen molar-refractivity contribution in [3.05, 3.63) is 144 Å². The highest BCUT2D eigenvalue weighted by Crippen LogP contribution is 2.34. The van der Waals surface area contributed by atoms with Gasteiger partial charge in [0.15, 0.2) is 12.2 Å². The van der Waals surface area contributed by atoms with E-state index >= 15 is 0 Å². The molecule has 8 nitrogen and oxygen atoms in total. The van der Waals surface area contributed by atoms with Crippen molar-refractivity contribution in [2.45, 2.75) is 97.7 Å². The molecule has 8 heteroatoms. The van der Waals surface area contributed by atoms with Crippen molar-refractivity contribution in [1.29, 1.82) is 0 Å². The second kappa shape index (κ2) is 19.1. The van der Waals surface area contributed by atoms with Crippen molar-refractivity contribution in [3.8, 4) is 23.0 Å². The van der Waals surface area contributed by atoms with E-state index in [4.69, 9.17) is 28.4 Å². The fraction of sp³-hybridized carbons (Fsp3) is 0.388. The lowest BCUT2D eigenvalue weighted by Crippen LogP contribution is -2.31. The van der Waals surface area contributed by atoms with Gasteiger partial charge < -0.3 is 28.4 Å². The van der Waals surface area contributed by atoms with Gasteiger partial charge in [0.05, 0.1) is 0 Å². The maximum Gasteiger partial charge on any atom is 0.333 e. The summed E-state index contributed by atoms with van der Waals surface area (Å²) in [5, 5.41) is 0. The van der Waals surface area contributed by atoms with Crippen LogP contribution >= 0.6 is 0 Å². The Bertz CT molecular complexity index is 1800. The molecule has 0 N–H and O–H groups in total. The van der Waals surface area contributed by atoms with Gasteiger partial charge in [-0.2, -0.15) is 0 Å². The first-order valence-corrected chi connectivity index (χ1v) is 19.4. The number of rotatable bonds is 18. The van der Waals surface area contributed by atoms with Gasteiger partial charge in [-0.15, -0.1) is 0 Å². The third kappa shape index (κ3) is 13.3. The molecule has 0 aliphatic heterocycles. The van der Waals surface area contributed by atoms with E-state index in [-0.39, 0.29) is 42.7 Å². The summed E-state index contributed by atoms with van der Waals surface area (Å²) < 4.78 is 35.4. The monoisotopic (exact) mass is 776 g/mol. The second-order valence-electron chi connectivity index (χ2n) is 17.1. The maximum atomic E-state index is 12.4. The Kier molecular flexibility index (Phi) is 14.8. The Morgan fingerprint density at radius 3 is 0.877 bits per heavy atom. The third-order valence-electron chi connectivity index (χ3n) is 9.58. The Morgan fingerprint density at radius 2 is 0.667 bits per heavy atom. The van der Waals surface area contributed by atoms with Crippen molar-refractivity contribution < 1.29 is 38.0 Å². The van der Waals surface area contributed by atoms with E-state index < -0.39 is 24.1 Å². The number of hydrogen-bond acceptors (Lipinski definition) is 8. The molecule has 57 heavy (non-hydrogen) atoms. The topological polar surface area (TPSA) is 89.5 Å². The Labute approximate surface area is 339 Å². The zero-order valence-electron chi connectivity index (χ0n) is 35.4. The van der Waals surface area contributed by atoms with Gasteiger partial charge in [-0.1, -0.05) is 117 Å². The van der Waals surface area contributed by atoms with Gasteiger partial charge in [0, 0.05) is 16.6 Å². The highest BCUT2D eigenvalue weighted by atomic mass is 16.6. The van der Waals surface area contributed by atoms with Gasteiger partial charge in [0.1, 0.15) is 49.4 Å². The van der Waals surface area contributed by atoms with Gasteiger partial charge in [0.25, 0.3) is 0 Å². The van der Waals surface area contributed by atoms with Crippen LogP contribution in [0, 0.1) is 0 Å². The largest absolute Gasteiger partial charge is 0.490 e. The number of carbonyl (C=O) groups excluding carboxylic acids is 2. The van der Waals surface area contributed by atoms with Crippen molar-refractivity contribution in [2.24, 2.45) is 0 Å². The van der Waals surface area contributed by atoms with Gasteiger partial charge in [-0.3, -0.25) is 0 Å². The first-order chi connectivity index (χ1) is 26.7. The smallest absolute Gasteiger partial charge is 0.333 e. The zero-order valence-corrected chi connectivity index (χ0v) is 35.4. The molecule has 0 aliphatic rings. The average molecular weight is 777 g/mol. The van der Waals surface area contributed by atoms with E-state index in [1.165, 1.54) is 11.1 Å². The Morgan fingerprint density at radius 1 is 0.439 bits per heavy atom. The summed E-state index contributed by atoms with van der Waals surface area (Å²) in [4.78, 5) is 24.8. The molecule has 0 saturated heterocycles. The number of hydrogen-bond donors (Lipinski definition) is 0. The first kappa shape index (κ1) is 44.2. The minimum Gasteiger partial charge on any atom is -0.490 e. The molecule has 0 heterocycles. The van der Waals surface area contributed by atoms with Crippen molar-refractivity contribution in [1.82, 2.24) is 0 Å². The molecular weight excluding hydrogens is 717 g/mol. The number of benzene rings is 4. The van der Waals surface area contributed by atoms with E-state index in [0.29, 0.717) is 34.1 Å². The fourth-order valence-electron chi connectivity index (χ4n) is 5.70. The van der Waals surface area contributed by atoms with Crippen LogP contribution in [0.1, 0.15) is 91.5 Å². The molecule has 2 unspecified atom stereocenters. The highest BCUT2D eigenvalue weighted by molar-refractivity contribution is 5.87. The molecule has 0 bridgehead atoms. The molecular formula is C49H60O8. The molecule has 2 atom stereocenters. The molecule has 0 aromatic heterocycles. The van der Waals surface area contributed by atoms with Gasteiger partial charge in [0.2, 0.25) is 0 Å². The lowest BCUT2D eigenvalue weighted by atomic mass is 9.78. The van der Waals surface area contributed by atoms with E-state index in [0.717, 1.165) is 11.1 Å². The van der Waals surface area contributed by atoms with Gasteiger partial charge >= 0.3 is 11.9 Å². The van der Waals surface area contributed by atoms with E-state index in [9.17, 15) is 9.59 Å². The van der Waals surface area contributed by atoms with Crippen LogP contribution in [0.2, 0.25) is 0 Å². The number of ether oxygens (including phenoxy) is 6. The van der Waals surface area contributed by atoms with E-state index in [1.54, 1.807) is 13.8 Å². The van der Waals surface area contributed by atoms with Crippen LogP contribution in [-0.4, -0.2) is 50.6 Å². The van der Waals surface area contributed by atoms with Crippen molar-refractivity contribution in [3.63, 3.8) is 0 Å². The van der Waals surface area contributed by atoms with Crippen LogP contribution in [0.5, 0.6) is 23.0 Å². The molecule has 304 valence electrons. The minimum atomic E-state index is -0.653. The summed E-state index contributed by atoms with van der Waals surface area (Å²) in [6.45, 7) is 28.3. The van der Waals surface area contributed by atoms with Gasteiger partial charge in [-0.25, -0.2) is 9.59 Å². The summed E-state index contributed by atoms with van der Waals surface area (Å²) in [5.74, 6) is 1.64. The number of esters is 2. The Hall–Kier alpha value is -5.50. The Balaban J connectivity index is 1.35. The minimum absolute atomic E-state index is 0.0309. The normalized spacial score (nSPS) is 12.8. The number of carbonyl (C=O) groups is 2. The molecule has 0 saturated carbocycles. The molecule has 4 aromatic rings. The SMILES string of the molecule is C=C(C)C(=O)OC(COc1ccc(C(C)(C)C)cc1)COc1ccc(C(C)(C)c2ccc(OCC(COc3ccc(C(C)(C)C)cc3)OC(=O)C(=C)C)cc2)cc1. The molecule has 4 aromatic carbocycles. The first-order valence-electron chi connectivity index (χ1n) is 19.4. The summed E-state index contributed by atoms with van der Waals surface area (Å²) in [6.07, 6.45) is -1.31. The average Bonchev–Trinajstić information content (AvgIpc) is 3.16. The van der Waals surface area contributed by atoms with Crippen LogP contribution in [0.15, 0.2) is 121 Å². The molecule has 0 fully saturated rings. The van der Waals surface area contributed by atoms with Crippen molar-refractivity contribution in [2.75, 3.05) is 26.4 Å². The summed E-state index contributed by atoms with van der Waals surface area (Å²) in [6, 6.07) is 31.6. The van der Waals surface area contributed by atoms with Crippen LogP contribution in [0.3, 0.4) is 0 Å². The molecule has 4 rings (SSSR count). The third-order valence-corrected chi connectivity index (χ3v) is 9.58. The van der Waals surface area contributed by atoms with Crippen LogP contribution in [0.4, 0.5) is 0 Å². The standard InChI is InChI=1S/C49H60O8/c1-33(2)45(50)56-43(29-52-39-21-13-35(14-22-39)47(5,6)7)31-54-41-25-17-37(18-26-41)49(11,12)38-19-27-42(28-20-38)55-32-44(57-46(51)34(3)4)30-53-40-23-15-36(16-24-40)48(8,9)10/h13-28,43-44H,1,3,29-32H2,2,4-12H3. The lowest BCUT2D eigenvalue weighted by Gasteiger charge is -2.27. The van der Waals surface area contributed by atoms with E-state index in [1.807, 2.05) is 97.1 Å². The quantitative estimate of drug-likeness (QED) is 0.0729. The fourth-order valence-corrected chi connectivity index (χ4v) is 5.70. The molecule has 0 aliphatic carbocycles. The zero-order chi connectivity index (χ0) is 42.0. The van der Waals surface area contributed by atoms with Crippen LogP contribution < -0.4 is 18.9 Å². The lowest BCUT2D eigenvalue weighted by molar-refractivity contribution is -0.148. The van der Waals surface area contributed by atoms with E-state index in [2.05, 4.69) is 68.5 Å². The molecule has 0 radical (unpaired) electrons. The summed E-state index contributed by atoms with van der Waals surface area (Å²) in [7, 11) is 0. The van der Waals surface area contributed by atoms with Crippen LogP contribution in [0.25, 0.3) is 0 Å². The van der Waals surface area contributed by atoms with Gasteiger partial charge in [-0.05, 0) is 95.5 Å². The second-order valence-corrected chi connectivity index (χ2v) is 17.1. The maximum absolute atomic E-state index is 12.4. The summed E-state index contributed by atoms with van der Waals surface area (Å²) >= 11 is 0. The predicted octanol–water partition coefficient (Wildman–Crippen LogP) is 10.5. The highest BCUT2D eigenvalue weighted by Gasteiger charge is 2.25. The molecule has 0 amide bonds. The predicted molar refractivity (Wildman–Crippen MR) is 227 cm³/mol. The van der Waals surface area contributed by atoms with Crippen molar-refractivity contribution >= 4 is 11.9 Å². The molecule has 0 spiro atoms. The summed E-state index contributed by atoms with van der Waals surface area (Å²) in [5.41, 5.74) is 4.88. The van der Waals surface area contributed by atoms with Crippen LogP contribution in [-0.2, 0) is 35.3 Å².